The van der Waals surface area contributed by atoms with Crippen LogP contribution in [-0.2, 0) is 0 Å². The van der Waals surface area contributed by atoms with Crippen LogP contribution in [0.25, 0.3) is 0 Å². The van der Waals surface area contributed by atoms with E-state index in [4.69, 9.17) is 17.3 Å². The second-order valence-corrected chi connectivity index (χ2v) is 5.01. The summed E-state index contributed by atoms with van der Waals surface area (Å²) in [4.78, 5) is 12.1. The van der Waals surface area contributed by atoms with Crippen molar-refractivity contribution >= 4 is 17.4 Å². The Morgan fingerprint density at radius 3 is 2.75 bits per heavy atom. The molecule has 0 heterocycles. The molecule has 1 aliphatic rings. The molecule has 86 valence electrons. The van der Waals surface area contributed by atoms with Gasteiger partial charge in [-0.2, -0.15) is 0 Å². The number of carbonyl (C=O) groups excluding carboxylic acids is 1. The first-order valence-electron chi connectivity index (χ1n) is 5.64. The lowest BCUT2D eigenvalue weighted by molar-refractivity contribution is 0.0922. The number of rotatable bonds is 2. The van der Waals surface area contributed by atoms with E-state index in [0.29, 0.717) is 5.02 Å². The zero-order chi connectivity index (χ0) is 11.7. The summed E-state index contributed by atoms with van der Waals surface area (Å²) in [5, 5.41) is 0.660. The molecule has 1 aliphatic carbocycles. The first-order chi connectivity index (χ1) is 7.58. The molecule has 0 amide bonds. The molecule has 1 aromatic carbocycles. The normalized spacial score (nSPS) is 24.7. The van der Waals surface area contributed by atoms with Crippen molar-refractivity contribution in [2.75, 3.05) is 0 Å². The van der Waals surface area contributed by atoms with Crippen molar-refractivity contribution in [3.05, 3.63) is 34.3 Å². The molecule has 0 bridgehead atoms. The van der Waals surface area contributed by atoms with E-state index >= 15 is 0 Å². The molecule has 2 rings (SSSR count). The van der Waals surface area contributed by atoms with Crippen LogP contribution in [0.15, 0.2) is 18.2 Å². The van der Waals surface area contributed by atoms with Crippen molar-refractivity contribution in [2.24, 2.45) is 11.7 Å². The third kappa shape index (κ3) is 2.28. The van der Waals surface area contributed by atoms with Crippen LogP contribution in [0, 0.1) is 12.8 Å². The molecule has 3 heteroatoms. The highest BCUT2D eigenvalue weighted by molar-refractivity contribution is 6.31. The van der Waals surface area contributed by atoms with Crippen LogP contribution < -0.4 is 5.73 Å². The monoisotopic (exact) mass is 237 g/mol. The molecule has 0 saturated heterocycles. The fourth-order valence-corrected chi connectivity index (χ4v) is 2.42. The Bertz CT molecular complexity index is 416. The Morgan fingerprint density at radius 2 is 2.19 bits per heavy atom. The van der Waals surface area contributed by atoms with Crippen LogP contribution in [-0.4, -0.2) is 11.8 Å². The van der Waals surface area contributed by atoms with Gasteiger partial charge in [-0.25, -0.2) is 0 Å². The van der Waals surface area contributed by atoms with Crippen molar-refractivity contribution < 1.29 is 4.79 Å². The van der Waals surface area contributed by atoms with E-state index in [-0.39, 0.29) is 17.7 Å². The molecule has 2 atom stereocenters. The lowest BCUT2D eigenvalue weighted by atomic mass is 9.95. The summed E-state index contributed by atoms with van der Waals surface area (Å²) in [5.41, 5.74) is 7.54. The van der Waals surface area contributed by atoms with Crippen LogP contribution in [0.1, 0.15) is 35.2 Å². The zero-order valence-corrected chi connectivity index (χ0v) is 10.1. The molecule has 0 radical (unpaired) electrons. The highest BCUT2D eigenvalue weighted by atomic mass is 35.5. The minimum atomic E-state index is 0.0915. The third-order valence-corrected chi connectivity index (χ3v) is 3.71. The van der Waals surface area contributed by atoms with Crippen molar-refractivity contribution in [3.8, 4) is 0 Å². The number of halogens is 1. The molecular formula is C13H16ClNO. The van der Waals surface area contributed by atoms with Gasteiger partial charge in [-0.05, 0) is 37.8 Å². The van der Waals surface area contributed by atoms with Crippen LogP contribution in [0.4, 0.5) is 0 Å². The maximum atomic E-state index is 12.1. The van der Waals surface area contributed by atoms with Crippen molar-refractivity contribution in [1.29, 1.82) is 0 Å². The molecule has 2 unspecified atom stereocenters. The highest BCUT2D eigenvalue weighted by Gasteiger charge is 2.28. The smallest absolute Gasteiger partial charge is 0.166 e. The molecule has 0 aromatic heterocycles. The van der Waals surface area contributed by atoms with Crippen LogP contribution in [0.3, 0.4) is 0 Å². The van der Waals surface area contributed by atoms with Gasteiger partial charge >= 0.3 is 0 Å². The summed E-state index contributed by atoms with van der Waals surface area (Å²) in [5.74, 6) is 0.281. The van der Waals surface area contributed by atoms with Crippen LogP contribution in [0.2, 0.25) is 5.02 Å². The number of carbonyl (C=O) groups is 1. The van der Waals surface area contributed by atoms with Gasteiger partial charge < -0.3 is 5.73 Å². The van der Waals surface area contributed by atoms with E-state index in [2.05, 4.69) is 0 Å². The van der Waals surface area contributed by atoms with E-state index in [1.807, 2.05) is 19.1 Å². The topological polar surface area (TPSA) is 43.1 Å². The molecule has 1 aromatic rings. The second kappa shape index (κ2) is 4.56. The van der Waals surface area contributed by atoms with E-state index in [0.717, 1.165) is 30.4 Å². The lowest BCUT2D eigenvalue weighted by Gasteiger charge is -2.09. The summed E-state index contributed by atoms with van der Waals surface area (Å²) < 4.78 is 0. The number of ketones is 1. The number of Topliss-reactive ketones (excluding diaryl/α,β-unsaturated/α-hetero) is 1. The number of hydrogen-bond acceptors (Lipinski definition) is 2. The lowest BCUT2D eigenvalue weighted by Crippen LogP contribution is -2.18. The average Bonchev–Trinajstić information content (AvgIpc) is 2.68. The summed E-state index contributed by atoms with van der Waals surface area (Å²) in [6, 6.07) is 5.70. The van der Waals surface area contributed by atoms with Gasteiger partial charge in [0.05, 0.1) is 0 Å². The average molecular weight is 238 g/mol. The summed E-state index contributed by atoms with van der Waals surface area (Å²) >= 11 is 6.02. The molecule has 0 spiro atoms. The van der Waals surface area contributed by atoms with Gasteiger partial charge in [0, 0.05) is 22.5 Å². The number of nitrogens with two attached hydrogens (primary N) is 1. The summed E-state index contributed by atoms with van der Waals surface area (Å²) in [6.07, 6.45) is 2.67. The van der Waals surface area contributed by atoms with E-state index in [1.54, 1.807) is 6.07 Å². The van der Waals surface area contributed by atoms with Crippen LogP contribution >= 0.6 is 11.6 Å². The van der Waals surface area contributed by atoms with Gasteiger partial charge in [0.15, 0.2) is 5.78 Å². The predicted octanol–water partition coefficient (Wildman–Crippen LogP) is 2.96. The fourth-order valence-electron chi connectivity index (χ4n) is 2.24. The van der Waals surface area contributed by atoms with Gasteiger partial charge in [-0.3, -0.25) is 4.79 Å². The van der Waals surface area contributed by atoms with Gasteiger partial charge in [0.2, 0.25) is 0 Å². The maximum Gasteiger partial charge on any atom is 0.166 e. The van der Waals surface area contributed by atoms with Gasteiger partial charge in [0.1, 0.15) is 0 Å². The molecule has 0 aliphatic heterocycles. The second-order valence-electron chi connectivity index (χ2n) is 4.60. The molecule has 2 nitrogen and oxygen atoms in total. The van der Waals surface area contributed by atoms with Crippen LogP contribution in [0.5, 0.6) is 0 Å². The fraction of sp³-hybridized carbons (Fsp3) is 0.462. The minimum Gasteiger partial charge on any atom is -0.328 e. The van der Waals surface area contributed by atoms with Crippen molar-refractivity contribution in [1.82, 2.24) is 0 Å². The molecule has 1 saturated carbocycles. The van der Waals surface area contributed by atoms with E-state index in [9.17, 15) is 4.79 Å². The maximum absolute atomic E-state index is 12.1. The number of benzene rings is 1. The van der Waals surface area contributed by atoms with E-state index < -0.39 is 0 Å². The summed E-state index contributed by atoms with van der Waals surface area (Å²) in [7, 11) is 0. The Balaban J connectivity index is 2.18. The molecular weight excluding hydrogens is 222 g/mol. The summed E-state index contributed by atoms with van der Waals surface area (Å²) in [6.45, 7) is 1.93. The number of hydrogen-bond donors (Lipinski definition) is 1. The van der Waals surface area contributed by atoms with E-state index in [1.165, 1.54) is 0 Å². The Kier molecular flexibility index (Phi) is 3.31. The molecule has 1 fully saturated rings. The SMILES string of the molecule is Cc1ccc(C(=O)C2CCC(N)C2)cc1Cl. The van der Waals surface area contributed by atoms with Crippen molar-refractivity contribution in [2.45, 2.75) is 32.2 Å². The highest BCUT2D eigenvalue weighted by Crippen LogP contribution is 2.28. The third-order valence-electron chi connectivity index (χ3n) is 3.30. The Morgan fingerprint density at radius 1 is 1.44 bits per heavy atom. The molecule has 16 heavy (non-hydrogen) atoms. The van der Waals surface area contributed by atoms with Gasteiger partial charge in [-0.15, -0.1) is 0 Å². The standard InChI is InChI=1S/C13H16ClNO/c1-8-2-3-10(7-12(8)14)13(16)9-4-5-11(15)6-9/h2-3,7,9,11H,4-6,15H2,1H3. The van der Waals surface area contributed by atoms with Gasteiger partial charge in [0.25, 0.3) is 0 Å². The quantitative estimate of drug-likeness (QED) is 0.804. The Hall–Kier alpha value is -0.860. The first kappa shape index (κ1) is 11.6. The zero-order valence-electron chi connectivity index (χ0n) is 9.37. The van der Waals surface area contributed by atoms with Crippen molar-refractivity contribution in [3.63, 3.8) is 0 Å². The van der Waals surface area contributed by atoms with Gasteiger partial charge in [-0.1, -0.05) is 23.7 Å². The minimum absolute atomic E-state index is 0.0915. The number of aryl methyl sites for hydroxylation is 1. The Labute approximate surface area is 101 Å². The predicted molar refractivity (Wildman–Crippen MR) is 65.8 cm³/mol. The largest absolute Gasteiger partial charge is 0.328 e. The first-order valence-corrected chi connectivity index (χ1v) is 6.01. The molecule has 2 N–H and O–H groups in total.